The van der Waals surface area contributed by atoms with E-state index in [4.69, 9.17) is 42.6 Å². The van der Waals surface area contributed by atoms with Gasteiger partial charge in [-0.3, -0.25) is 29.1 Å². The smallest absolute Gasteiger partial charge is 0.347 e. The Hall–Kier alpha value is -13.1. The lowest BCUT2D eigenvalue weighted by atomic mass is 10.1. The van der Waals surface area contributed by atoms with Gasteiger partial charge in [0.15, 0.2) is 5.57 Å². The highest BCUT2D eigenvalue weighted by Crippen LogP contribution is 2.40. The number of aliphatic hydroxyl groups excluding tert-OH is 3. The number of aliphatic hydroxyl groups is 3. The molecular formula is C74H72N10O18. The van der Waals surface area contributed by atoms with E-state index in [0.29, 0.717) is 92.5 Å². The first-order valence-electron chi connectivity index (χ1n) is 31.6. The Bertz CT molecular complexity index is 4960. The number of esters is 1. The van der Waals surface area contributed by atoms with Crippen LogP contribution in [-0.2, 0) is 37.4 Å². The van der Waals surface area contributed by atoms with Gasteiger partial charge in [0.05, 0.1) is 139 Å². The predicted octanol–water partition coefficient (Wildman–Crippen LogP) is 10.2. The van der Waals surface area contributed by atoms with Crippen molar-refractivity contribution in [3.8, 4) is 57.6 Å². The number of H-pyrrole nitrogens is 2. The highest BCUT2D eigenvalue weighted by Gasteiger charge is 2.41. The number of aromatic nitrogens is 6. The van der Waals surface area contributed by atoms with E-state index in [2.05, 4.69) is 24.9 Å². The average molecular weight is 1390 g/mol. The van der Waals surface area contributed by atoms with Gasteiger partial charge in [0.2, 0.25) is 5.88 Å². The van der Waals surface area contributed by atoms with E-state index in [9.17, 15) is 44.4 Å². The molecule has 0 saturated carbocycles. The number of imidazole rings is 2. The van der Waals surface area contributed by atoms with E-state index in [1.165, 1.54) is 38.3 Å². The maximum Gasteiger partial charge on any atom is 0.347 e. The molecule has 7 heterocycles. The van der Waals surface area contributed by atoms with Crippen molar-refractivity contribution in [1.29, 1.82) is 0 Å². The van der Waals surface area contributed by atoms with Crippen LogP contribution < -0.4 is 58.2 Å². The first-order valence-corrected chi connectivity index (χ1v) is 31.6. The van der Waals surface area contributed by atoms with E-state index >= 15 is 0 Å². The van der Waals surface area contributed by atoms with E-state index in [0.717, 1.165) is 33.3 Å². The Morgan fingerprint density at radius 3 is 1.40 bits per heavy atom. The number of carbonyl (C=O) groups excluding carboxylic acids is 4. The number of nitrogens with one attached hydrogen (secondary N) is 2. The zero-order valence-corrected chi connectivity index (χ0v) is 57.3. The summed E-state index contributed by atoms with van der Waals surface area (Å²) < 4.78 is 49.5. The molecule has 6 N–H and O–H groups in total. The van der Waals surface area contributed by atoms with Crippen LogP contribution in [0.25, 0.3) is 38.9 Å². The minimum atomic E-state index is -0.831. The number of carbonyl (C=O) groups is 4. The van der Waals surface area contributed by atoms with Crippen LogP contribution in [0.15, 0.2) is 178 Å². The fraction of sp³-hybridized carbons (Fsp3) is 0.216. The maximum atomic E-state index is 13.2. The molecule has 10 aromatic rings. The molecule has 28 nitrogen and oxygen atoms in total. The Morgan fingerprint density at radius 2 is 0.941 bits per heavy atom. The summed E-state index contributed by atoms with van der Waals surface area (Å²) in [7, 11) is 13.9. The molecule has 526 valence electrons. The number of hydrogen-bond acceptors (Lipinski definition) is 21. The van der Waals surface area contributed by atoms with E-state index < -0.39 is 17.9 Å². The lowest BCUT2D eigenvalue weighted by Crippen LogP contribution is -2.33. The minimum absolute atomic E-state index is 0.0270. The third kappa shape index (κ3) is 13.9. The fourth-order valence-electron chi connectivity index (χ4n) is 11.8. The quantitative estimate of drug-likeness (QED) is 0.0364. The number of fused-ring (bicyclic) bond motifs is 3. The zero-order valence-electron chi connectivity index (χ0n) is 57.3. The summed E-state index contributed by atoms with van der Waals surface area (Å²) in [5, 5.41) is 41.6. The first-order chi connectivity index (χ1) is 49.2. The lowest BCUT2D eigenvalue weighted by Gasteiger charge is -2.23. The van der Waals surface area contributed by atoms with Crippen molar-refractivity contribution < 1.29 is 82.2 Å². The molecule has 0 radical (unpaired) electrons. The number of aliphatic imine (C=N–C) groups is 1. The molecule has 0 fully saturated rings. The van der Waals surface area contributed by atoms with Crippen LogP contribution in [0.4, 0.5) is 22.7 Å². The normalized spacial score (nSPS) is 14.6. The molecule has 4 aliphatic heterocycles. The highest BCUT2D eigenvalue weighted by molar-refractivity contribution is 6.30. The van der Waals surface area contributed by atoms with Gasteiger partial charge in [-0.15, -0.1) is 0 Å². The summed E-state index contributed by atoms with van der Waals surface area (Å²) in [6.45, 7) is 3.45. The molecule has 28 heteroatoms. The Labute approximate surface area is 583 Å². The maximum absolute atomic E-state index is 13.2. The predicted molar refractivity (Wildman–Crippen MR) is 380 cm³/mol. The Morgan fingerprint density at radius 1 is 0.520 bits per heavy atom. The van der Waals surface area contributed by atoms with Gasteiger partial charge in [-0.05, 0) is 49.7 Å². The number of para-hydroxylation sites is 5. The van der Waals surface area contributed by atoms with Crippen LogP contribution in [-0.4, -0.2) is 162 Å². The van der Waals surface area contributed by atoms with Crippen molar-refractivity contribution in [1.82, 2.24) is 29.3 Å². The van der Waals surface area contributed by atoms with Crippen LogP contribution in [0, 0.1) is 0 Å². The molecule has 3 amide bonds. The summed E-state index contributed by atoms with van der Waals surface area (Å²) in [5.41, 5.74) is 7.45. The molecular weight excluding hydrogens is 1320 g/mol. The summed E-state index contributed by atoms with van der Waals surface area (Å²) in [4.78, 5) is 87.2. The SMILES string of the molecule is CCOC(=O)C1=C(O)CN(c2cc(OC)cc(OC)c2)C1=O.COc1cc(OC)cc(-n2c(=O)c(C3=Nc4ccccc4C3)c(O)n2C)c1.COc1cc(OC)cc(N2C(=O)C(c3nc4ccccc4[nH]3)=C(O)C2C)c1.COc1cc(OC)cc(N2CC(O)=C(c3nc4ccccc4[nH]3)C2=O)c1. The van der Waals surface area contributed by atoms with Crippen molar-refractivity contribution >= 4 is 85.4 Å². The summed E-state index contributed by atoms with van der Waals surface area (Å²) in [6.07, 6.45) is 0.504. The molecule has 0 bridgehead atoms. The van der Waals surface area contributed by atoms with Gasteiger partial charge in [0, 0.05) is 86.3 Å². The van der Waals surface area contributed by atoms with E-state index in [1.54, 1.807) is 136 Å². The number of rotatable bonds is 17. The minimum Gasteiger partial charge on any atom is -0.509 e. The number of anilines is 3. The summed E-state index contributed by atoms with van der Waals surface area (Å²) in [5.74, 6) is 2.38. The lowest BCUT2D eigenvalue weighted by molar-refractivity contribution is -0.140. The largest absolute Gasteiger partial charge is 0.509 e. The Kier molecular flexibility index (Phi) is 20.6. The highest BCUT2D eigenvalue weighted by atomic mass is 16.5. The Balaban J connectivity index is 0.000000137. The molecule has 0 aliphatic carbocycles. The number of methoxy groups -OCH3 is 8. The number of benzene rings is 7. The second kappa shape index (κ2) is 29.9. The number of hydrogen-bond donors (Lipinski definition) is 6. The number of amides is 3. The molecule has 3 aromatic heterocycles. The van der Waals surface area contributed by atoms with Gasteiger partial charge in [-0.25, -0.2) is 24.1 Å². The van der Waals surface area contributed by atoms with Crippen LogP contribution in [0.3, 0.4) is 0 Å². The second-order valence-electron chi connectivity index (χ2n) is 22.9. The topological polar surface area (TPSA) is 339 Å². The van der Waals surface area contributed by atoms with Crippen LogP contribution in [0.5, 0.6) is 51.9 Å². The molecule has 0 spiro atoms. The van der Waals surface area contributed by atoms with Crippen LogP contribution in [0.1, 0.15) is 36.6 Å². The first kappa shape index (κ1) is 70.2. The number of aromatic hydroxyl groups is 1. The standard InChI is InChI=1S/2C20H19N3O4.C19H17N3O4.C15H17NO6/c1-22-19(24)18(17-8-12-6-4-5-7-16(12)21-17)20(25)23(22)13-9-14(26-2)11-15(10-13)27-3;1-11-18(24)17(19-21-15-6-4-5-7-16(15)22-19)20(25)23(11)12-8-13(26-2)10-14(9-12)27-3;1-25-12-7-11(8-13(9-12)26-2)22-10-16(23)17(19(22)24)18-20-14-5-3-4-6-15(14)21-18;1-4-22-15(19)13-12(17)8-16(14(13)18)9-5-10(20-2)7-11(6-9)21-3/h4-7,9-11,24H,8H2,1-3H3;4-11,24H,1-3H3,(H,21,22);3-9,23H,10H2,1-2H3,(H,20,21);5-7,17H,4,8H2,1-3H3. The number of ether oxygens (including phenoxy) is 9. The van der Waals surface area contributed by atoms with Crippen molar-refractivity contribution in [2.75, 3.05) is 91.3 Å². The van der Waals surface area contributed by atoms with Crippen LogP contribution in [0.2, 0.25) is 0 Å². The average Bonchev–Trinajstić information content (AvgIpc) is 1.61. The monoisotopic (exact) mass is 1390 g/mol. The number of aromatic amines is 2. The molecule has 0 saturated heterocycles. The summed E-state index contributed by atoms with van der Waals surface area (Å²) >= 11 is 0. The van der Waals surface area contributed by atoms with Gasteiger partial charge >= 0.3 is 5.97 Å². The molecule has 1 unspecified atom stereocenters. The van der Waals surface area contributed by atoms with Gasteiger partial charge < -0.3 is 82.8 Å². The van der Waals surface area contributed by atoms with Gasteiger partial charge in [-0.1, -0.05) is 42.5 Å². The molecule has 7 aromatic carbocycles. The van der Waals surface area contributed by atoms with Gasteiger partial charge in [-0.2, -0.15) is 0 Å². The van der Waals surface area contributed by atoms with Gasteiger partial charge in [0.1, 0.15) is 91.6 Å². The molecule has 14 rings (SSSR count). The van der Waals surface area contributed by atoms with Gasteiger partial charge in [0.25, 0.3) is 23.3 Å². The zero-order chi connectivity index (χ0) is 72.8. The van der Waals surface area contributed by atoms with Crippen molar-refractivity contribution in [2.24, 2.45) is 12.0 Å². The van der Waals surface area contributed by atoms with E-state index in [-0.39, 0.29) is 82.5 Å². The number of nitrogens with zero attached hydrogens (tertiary/aromatic N) is 8. The third-order valence-electron chi connectivity index (χ3n) is 16.9. The molecule has 1 atom stereocenters. The van der Waals surface area contributed by atoms with Crippen molar-refractivity contribution in [2.45, 2.75) is 26.3 Å². The van der Waals surface area contributed by atoms with E-state index in [1.807, 2.05) is 72.8 Å². The van der Waals surface area contributed by atoms with Crippen LogP contribution >= 0.6 is 0 Å². The molecule has 102 heavy (non-hydrogen) atoms. The third-order valence-corrected chi connectivity index (χ3v) is 16.9. The fourth-order valence-corrected chi connectivity index (χ4v) is 11.8. The molecule has 4 aliphatic rings. The second-order valence-corrected chi connectivity index (χ2v) is 22.9. The van der Waals surface area contributed by atoms with Crippen molar-refractivity contribution in [3.63, 3.8) is 0 Å². The summed E-state index contributed by atoms with van der Waals surface area (Å²) in [6, 6.07) is 42.4. The van der Waals surface area contributed by atoms with Crippen molar-refractivity contribution in [3.05, 3.63) is 202 Å².